The molecule has 0 atom stereocenters. The summed E-state index contributed by atoms with van der Waals surface area (Å²) in [6.07, 6.45) is 16.8. The Hall–Kier alpha value is -4.04. The fraction of sp³-hybridized carbons (Fsp3) is 0.259. The second-order valence-electron chi connectivity index (χ2n) is 8.98. The van der Waals surface area contributed by atoms with E-state index in [2.05, 4.69) is 60.0 Å². The van der Waals surface area contributed by atoms with Gasteiger partial charge in [-0.2, -0.15) is 0 Å². The molecule has 5 aromatic rings. The van der Waals surface area contributed by atoms with Gasteiger partial charge in [0, 0.05) is 67.8 Å². The molecule has 0 unspecified atom stereocenters. The van der Waals surface area contributed by atoms with E-state index in [-0.39, 0.29) is 0 Å². The number of anilines is 1. The van der Waals surface area contributed by atoms with E-state index >= 15 is 0 Å². The van der Waals surface area contributed by atoms with Crippen LogP contribution >= 0.6 is 0 Å². The molecule has 8 heteroatoms. The monoisotopic (exact) mass is 464 g/mol. The maximum atomic E-state index is 4.92. The number of pyridine rings is 1. The summed E-state index contributed by atoms with van der Waals surface area (Å²) in [5, 5.41) is 7.09. The van der Waals surface area contributed by atoms with E-state index in [1.165, 1.54) is 18.4 Å². The average molecular weight is 465 g/mol. The molecular formula is C27H28N8. The number of aryl methyl sites for hydroxylation is 1. The lowest BCUT2D eigenvalue weighted by molar-refractivity contribution is 0.660. The second-order valence-corrected chi connectivity index (χ2v) is 8.98. The van der Waals surface area contributed by atoms with Crippen molar-refractivity contribution in [3.8, 4) is 22.5 Å². The van der Waals surface area contributed by atoms with Crippen molar-refractivity contribution in [1.29, 1.82) is 0 Å². The van der Waals surface area contributed by atoms with Crippen LogP contribution in [0.4, 0.5) is 5.82 Å². The van der Waals surface area contributed by atoms with E-state index in [0.717, 1.165) is 60.0 Å². The van der Waals surface area contributed by atoms with Crippen LogP contribution in [0.2, 0.25) is 0 Å². The standard InChI is InChI=1S/C27H28N8/c1(14-34-15-13-29-19-34)10-30-26-27-32-17-25(22-4-2-20(3-5-22)16-31-23-6-7-23)35(27)18-24(33-26)21-8-11-28-12-9-21/h2-5,8-9,11-13,15,17-19,23,31H,1,6-7,10,14,16H2,(H,30,33). The highest BCUT2D eigenvalue weighted by Crippen LogP contribution is 2.28. The van der Waals surface area contributed by atoms with Gasteiger partial charge in [0.25, 0.3) is 0 Å². The molecule has 0 aliphatic heterocycles. The van der Waals surface area contributed by atoms with E-state index in [4.69, 9.17) is 9.97 Å². The van der Waals surface area contributed by atoms with Gasteiger partial charge in [-0.05, 0) is 37.0 Å². The van der Waals surface area contributed by atoms with Crippen molar-refractivity contribution in [3.63, 3.8) is 0 Å². The molecule has 2 N–H and O–H groups in total. The van der Waals surface area contributed by atoms with Crippen LogP contribution in [-0.4, -0.2) is 41.5 Å². The van der Waals surface area contributed by atoms with Crippen LogP contribution < -0.4 is 10.6 Å². The minimum atomic E-state index is 0.707. The summed E-state index contributed by atoms with van der Waals surface area (Å²) in [6.45, 7) is 2.60. The first kappa shape index (κ1) is 21.5. The van der Waals surface area contributed by atoms with Crippen molar-refractivity contribution >= 4 is 11.5 Å². The minimum absolute atomic E-state index is 0.707. The predicted octanol–water partition coefficient (Wildman–Crippen LogP) is 4.41. The number of rotatable bonds is 10. The summed E-state index contributed by atoms with van der Waals surface area (Å²) >= 11 is 0. The number of imidazole rings is 2. The summed E-state index contributed by atoms with van der Waals surface area (Å²) in [6, 6.07) is 13.4. The molecule has 35 heavy (non-hydrogen) atoms. The Morgan fingerprint density at radius 3 is 2.57 bits per heavy atom. The maximum Gasteiger partial charge on any atom is 0.180 e. The first-order valence-electron chi connectivity index (χ1n) is 12.1. The quantitative estimate of drug-likeness (QED) is 0.298. The molecule has 6 rings (SSSR count). The van der Waals surface area contributed by atoms with Crippen molar-refractivity contribution in [1.82, 2.24) is 34.2 Å². The third-order valence-electron chi connectivity index (χ3n) is 6.34. The van der Waals surface area contributed by atoms with E-state index in [1.807, 2.05) is 30.9 Å². The van der Waals surface area contributed by atoms with Gasteiger partial charge in [-0.1, -0.05) is 24.3 Å². The Morgan fingerprint density at radius 1 is 0.943 bits per heavy atom. The van der Waals surface area contributed by atoms with Crippen LogP contribution in [0.5, 0.6) is 0 Å². The molecule has 0 radical (unpaired) electrons. The number of hydrogen-bond donors (Lipinski definition) is 2. The zero-order chi connectivity index (χ0) is 23.5. The summed E-state index contributed by atoms with van der Waals surface area (Å²) in [4.78, 5) is 17.9. The van der Waals surface area contributed by atoms with Crippen molar-refractivity contribution in [2.24, 2.45) is 0 Å². The van der Waals surface area contributed by atoms with Crippen molar-refractivity contribution < 1.29 is 0 Å². The van der Waals surface area contributed by atoms with E-state index in [1.54, 1.807) is 18.6 Å². The lowest BCUT2D eigenvalue weighted by Gasteiger charge is -2.12. The van der Waals surface area contributed by atoms with Gasteiger partial charge in [-0.3, -0.25) is 9.38 Å². The van der Waals surface area contributed by atoms with Crippen LogP contribution in [0.3, 0.4) is 0 Å². The summed E-state index contributed by atoms with van der Waals surface area (Å²) in [5.41, 5.74) is 6.19. The van der Waals surface area contributed by atoms with E-state index < -0.39 is 0 Å². The Morgan fingerprint density at radius 2 is 1.80 bits per heavy atom. The lowest BCUT2D eigenvalue weighted by Crippen LogP contribution is -2.15. The van der Waals surface area contributed by atoms with Gasteiger partial charge in [-0.25, -0.2) is 15.0 Å². The number of nitrogens with zero attached hydrogens (tertiary/aromatic N) is 6. The zero-order valence-corrected chi connectivity index (χ0v) is 19.5. The third kappa shape index (κ3) is 4.93. The van der Waals surface area contributed by atoms with Crippen molar-refractivity contribution in [3.05, 3.63) is 85.5 Å². The van der Waals surface area contributed by atoms with Crippen LogP contribution in [0, 0.1) is 0 Å². The van der Waals surface area contributed by atoms with Gasteiger partial charge in [0.1, 0.15) is 0 Å². The number of nitrogens with one attached hydrogen (secondary N) is 2. The first-order valence-corrected chi connectivity index (χ1v) is 12.1. The largest absolute Gasteiger partial charge is 0.367 e. The highest BCUT2D eigenvalue weighted by Gasteiger charge is 2.20. The first-order chi connectivity index (χ1) is 17.3. The Balaban J connectivity index is 1.29. The minimum Gasteiger partial charge on any atom is -0.367 e. The SMILES string of the molecule is c1cc(-c2cn3c(-c4ccc(CNC5CC5)cc4)cnc3c(NCCCn3ccnc3)n2)ccn1. The topological polar surface area (TPSA) is 85.0 Å². The molecule has 1 aromatic carbocycles. The van der Waals surface area contributed by atoms with Crippen molar-refractivity contribution in [2.45, 2.75) is 38.4 Å². The van der Waals surface area contributed by atoms with Gasteiger partial charge in [0.15, 0.2) is 11.5 Å². The summed E-state index contributed by atoms with van der Waals surface area (Å²) in [5.74, 6) is 0.779. The van der Waals surface area contributed by atoms with Crippen molar-refractivity contribution in [2.75, 3.05) is 11.9 Å². The Labute approximate surface area is 204 Å². The molecule has 0 saturated heterocycles. The van der Waals surface area contributed by atoms with Crippen LogP contribution in [0.1, 0.15) is 24.8 Å². The van der Waals surface area contributed by atoms with Crippen LogP contribution in [0.15, 0.2) is 79.9 Å². The van der Waals surface area contributed by atoms with E-state index in [0.29, 0.717) is 6.04 Å². The molecule has 1 fully saturated rings. The second kappa shape index (κ2) is 9.68. The molecule has 8 nitrogen and oxygen atoms in total. The zero-order valence-electron chi connectivity index (χ0n) is 19.5. The summed E-state index contributed by atoms with van der Waals surface area (Å²) < 4.78 is 4.22. The normalized spacial score (nSPS) is 13.4. The Bertz CT molecular complexity index is 1390. The molecule has 4 heterocycles. The molecule has 0 bridgehead atoms. The fourth-order valence-electron chi connectivity index (χ4n) is 4.21. The van der Waals surface area contributed by atoms with Gasteiger partial charge in [0.2, 0.25) is 0 Å². The molecule has 1 aliphatic rings. The number of benzene rings is 1. The smallest absolute Gasteiger partial charge is 0.180 e. The average Bonchev–Trinajstić information content (AvgIpc) is 3.40. The van der Waals surface area contributed by atoms with Crippen LogP contribution in [-0.2, 0) is 13.1 Å². The van der Waals surface area contributed by atoms with Gasteiger partial charge in [-0.15, -0.1) is 0 Å². The van der Waals surface area contributed by atoms with Gasteiger partial charge in [0.05, 0.1) is 23.9 Å². The number of fused-ring (bicyclic) bond motifs is 1. The van der Waals surface area contributed by atoms with E-state index in [9.17, 15) is 0 Å². The molecule has 1 saturated carbocycles. The lowest BCUT2D eigenvalue weighted by atomic mass is 10.1. The molecule has 1 aliphatic carbocycles. The number of aromatic nitrogens is 6. The van der Waals surface area contributed by atoms with Crippen LogP contribution in [0.25, 0.3) is 28.2 Å². The fourth-order valence-corrected chi connectivity index (χ4v) is 4.21. The predicted molar refractivity (Wildman–Crippen MR) is 137 cm³/mol. The molecule has 0 spiro atoms. The highest BCUT2D eigenvalue weighted by atomic mass is 15.1. The van der Waals surface area contributed by atoms with Gasteiger partial charge < -0.3 is 15.2 Å². The highest BCUT2D eigenvalue weighted by molar-refractivity contribution is 5.74. The summed E-state index contributed by atoms with van der Waals surface area (Å²) in [7, 11) is 0. The molecule has 0 amide bonds. The van der Waals surface area contributed by atoms with Gasteiger partial charge >= 0.3 is 0 Å². The maximum absolute atomic E-state index is 4.92. The number of hydrogen-bond acceptors (Lipinski definition) is 6. The molecule has 176 valence electrons. The molecular weight excluding hydrogens is 436 g/mol. The Kier molecular flexibility index (Phi) is 5.94. The third-order valence-corrected chi connectivity index (χ3v) is 6.34. The molecule has 4 aromatic heterocycles.